The number of aliphatic hydroxyl groups excluding tert-OH is 2. The largest absolute Gasteiger partial charge is 0.463 e. The van der Waals surface area contributed by atoms with Gasteiger partial charge in [0.15, 0.2) is 0 Å². The minimum absolute atomic E-state index is 0.139. The van der Waals surface area contributed by atoms with E-state index in [1.54, 1.807) is 0 Å². The Bertz CT molecular complexity index is 284. The molecule has 0 amide bonds. The van der Waals surface area contributed by atoms with E-state index in [4.69, 9.17) is 14.9 Å². The average molecular weight is 284 g/mol. The standard InChI is InChI=1S/C16H28O4/c1-2-3-4-5-6-7-8-9-10-11-12-16(19)20-14-15(18)13-17/h6-7,9-10,15,17-18H,2-5,8,11-14H2,1H3/b7-6+,10-9?. The Hall–Kier alpha value is -1.13. The number of carbonyl (C=O) groups is 1. The van der Waals surface area contributed by atoms with Crippen LogP contribution in [0.1, 0.15) is 51.9 Å². The highest BCUT2D eigenvalue weighted by Crippen LogP contribution is 2.01. The van der Waals surface area contributed by atoms with E-state index in [9.17, 15) is 4.79 Å². The van der Waals surface area contributed by atoms with E-state index in [1.807, 2.05) is 12.2 Å². The molecule has 20 heavy (non-hydrogen) atoms. The van der Waals surface area contributed by atoms with E-state index >= 15 is 0 Å². The zero-order valence-corrected chi connectivity index (χ0v) is 12.5. The molecule has 4 heteroatoms. The second kappa shape index (κ2) is 14.3. The highest BCUT2D eigenvalue weighted by molar-refractivity contribution is 5.69. The third-order valence-corrected chi connectivity index (χ3v) is 2.74. The van der Waals surface area contributed by atoms with Gasteiger partial charge in [-0.05, 0) is 25.7 Å². The van der Waals surface area contributed by atoms with E-state index in [0.717, 1.165) is 12.8 Å². The number of ether oxygens (including phenoxy) is 1. The van der Waals surface area contributed by atoms with Crippen molar-refractivity contribution in [1.82, 2.24) is 0 Å². The van der Waals surface area contributed by atoms with E-state index in [-0.39, 0.29) is 12.6 Å². The Balaban J connectivity index is 3.44. The molecule has 0 aliphatic heterocycles. The highest BCUT2D eigenvalue weighted by Gasteiger charge is 2.06. The van der Waals surface area contributed by atoms with Crippen molar-refractivity contribution < 1.29 is 19.7 Å². The maximum atomic E-state index is 11.2. The van der Waals surface area contributed by atoms with Crippen LogP contribution in [0.5, 0.6) is 0 Å². The number of aliphatic hydroxyl groups is 2. The van der Waals surface area contributed by atoms with Gasteiger partial charge in [0.25, 0.3) is 0 Å². The number of hydrogen-bond acceptors (Lipinski definition) is 4. The summed E-state index contributed by atoms with van der Waals surface area (Å²) >= 11 is 0. The van der Waals surface area contributed by atoms with E-state index < -0.39 is 12.7 Å². The monoisotopic (exact) mass is 284 g/mol. The molecule has 0 bridgehead atoms. The number of hydrogen-bond donors (Lipinski definition) is 2. The van der Waals surface area contributed by atoms with Gasteiger partial charge in [-0.15, -0.1) is 0 Å². The van der Waals surface area contributed by atoms with Crippen molar-refractivity contribution in [1.29, 1.82) is 0 Å². The average Bonchev–Trinajstić information content (AvgIpc) is 2.46. The highest BCUT2D eigenvalue weighted by atomic mass is 16.5. The first-order valence-electron chi connectivity index (χ1n) is 7.45. The van der Waals surface area contributed by atoms with Crippen LogP contribution in [-0.4, -0.2) is 35.5 Å². The molecule has 1 unspecified atom stereocenters. The van der Waals surface area contributed by atoms with Crippen LogP contribution in [0.2, 0.25) is 0 Å². The third kappa shape index (κ3) is 13.3. The minimum atomic E-state index is -0.979. The molecule has 1 atom stereocenters. The lowest BCUT2D eigenvalue weighted by atomic mass is 10.2. The molecule has 0 radical (unpaired) electrons. The fraction of sp³-hybridized carbons (Fsp3) is 0.688. The first-order chi connectivity index (χ1) is 9.70. The van der Waals surface area contributed by atoms with Gasteiger partial charge >= 0.3 is 5.97 Å². The maximum absolute atomic E-state index is 11.2. The van der Waals surface area contributed by atoms with Gasteiger partial charge in [-0.2, -0.15) is 0 Å². The van der Waals surface area contributed by atoms with E-state index in [0.29, 0.717) is 12.8 Å². The fourth-order valence-electron chi connectivity index (χ4n) is 1.53. The predicted molar refractivity (Wildman–Crippen MR) is 80.3 cm³/mol. The van der Waals surface area contributed by atoms with Crippen LogP contribution in [0.3, 0.4) is 0 Å². The molecule has 0 aliphatic carbocycles. The van der Waals surface area contributed by atoms with Crippen molar-refractivity contribution in [3.05, 3.63) is 24.3 Å². The summed E-state index contributed by atoms with van der Waals surface area (Å²) in [4.78, 5) is 11.2. The molecule has 0 aromatic carbocycles. The normalized spacial score (nSPS) is 13.2. The van der Waals surface area contributed by atoms with Gasteiger partial charge in [-0.3, -0.25) is 4.79 Å². The summed E-state index contributed by atoms with van der Waals surface area (Å²) < 4.78 is 4.78. The van der Waals surface area contributed by atoms with Crippen LogP contribution in [0.15, 0.2) is 24.3 Å². The van der Waals surface area contributed by atoms with Crippen LogP contribution >= 0.6 is 0 Å². The second-order valence-corrected chi connectivity index (χ2v) is 4.73. The van der Waals surface area contributed by atoms with Crippen LogP contribution < -0.4 is 0 Å². The Morgan fingerprint density at radius 2 is 1.85 bits per heavy atom. The Morgan fingerprint density at radius 1 is 1.15 bits per heavy atom. The molecular formula is C16H28O4. The Kier molecular flexibility index (Phi) is 13.5. The van der Waals surface area contributed by atoms with Crippen molar-refractivity contribution in [3.8, 4) is 0 Å². The molecule has 0 aromatic heterocycles. The summed E-state index contributed by atoms with van der Waals surface area (Å²) in [6.45, 7) is 1.67. The van der Waals surface area contributed by atoms with Crippen molar-refractivity contribution in [3.63, 3.8) is 0 Å². The van der Waals surface area contributed by atoms with Gasteiger partial charge in [0.2, 0.25) is 0 Å². The molecular weight excluding hydrogens is 256 g/mol. The molecule has 0 spiro atoms. The van der Waals surface area contributed by atoms with Crippen LogP contribution in [0.4, 0.5) is 0 Å². The molecule has 0 saturated carbocycles. The second-order valence-electron chi connectivity index (χ2n) is 4.73. The van der Waals surface area contributed by atoms with Crippen molar-refractivity contribution >= 4 is 5.97 Å². The van der Waals surface area contributed by atoms with Crippen LogP contribution in [0.25, 0.3) is 0 Å². The van der Waals surface area contributed by atoms with Gasteiger partial charge in [-0.1, -0.05) is 44.1 Å². The zero-order valence-electron chi connectivity index (χ0n) is 12.5. The molecule has 0 heterocycles. The molecule has 0 rings (SSSR count). The number of rotatable bonds is 12. The molecule has 2 N–H and O–H groups in total. The number of allylic oxidation sites excluding steroid dienone is 4. The lowest BCUT2D eigenvalue weighted by Gasteiger charge is -2.07. The lowest BCUT2D eigenvalue weighted by molar-refractivity contribution is -0.147. The smallest absolute Gasteiger partial charge is 0.306 e. The summed E-state index contributed by atoms with van der Waals surface area (Å²) in [5.74, 6) is -0.350. The molecule has 116 valence electrons. The summed E-state index contributed by atoms with van der Waals surface area (Å²) in [6.07, 6.45) is 14.1. The maximum Gasteiger partial charge on any atom is 0.306 e. The Morgan fingerprint density at radius 3 is 2.50 bits per heavy atom. The van der Waals surface area contributed by atoms with Crippen LogP contribution in [0, 0.1) is 0 Å². The number of esters is 1. The summed E-state index contributed by atoms with van der Waals surface area (Å²) in [7, 11) is 0. The number of unbranched alkanes of at least 4 members (excludes halogenated alkanes) is 3. The zero-order chi connectivity index (χ0) is 15.1. The molecule has 0 fully saturated rings. The summed E-state index contributed by atoms with van der Waals surface area (Å²) in [5.41, 5.74) is 0. The topological polar surface area (TPSA) is 66.8 Å². The van der Waals surface area contributed by atoms with Crippen LogP contribution in [-0.2, 0) is 9.53 Å². The molecule has 4 nitrogen and oxygen atoms in total. The van der Waals surface area contributed by atoms with E-state index in [2.05, 4.69) is 19.1 Å². The van der Waals surface area contributed by atoms with Crippen molar-refractivity contribution in [2.75, 3.05) is 13.2 Å². The van der Waals surface area contributed by atoms with Gasteiger partial charge in [0.1, 0.15) is 12.7 Å². The number of carbonyl (C=O) groups excluding carboxylic acids is 1. The first-order valence-corrected chi connectivity index (χ1v) is 7.45. The third-order valence-electron chi connectivity index (χ3n) is 2.74. The summed E-state index contributed by atoms with van der Waals surface area (Å²) in [5, 5.41) is 17.6. The van der Waals surface area contributed by atoms with Gasteiger partial charge < -0.3 is 14.9 Å². The fourth-order valence-corrected chi connectivity index (χ4v) is 1.53. The van der Waals surface area contributed by atoms with Gasteiger partial charge in [0.05, 0.1) is 6.61 Å². The van der Waals surface area contributed by atoms with E-state index in [1.165, 1.54) is 19.3 Å². The molecule has 0 aliphatic rings. The predicted octanol–water partition coefficient (Wildman–Crippen LogP) is 2.75. The summed E-state index contributed by atoms with van der Waals surface area (Å²) in [6, 6.07) is 0. The molecule has 0 aromatic rings. The first kappa shape index (κ1) is 18.9. The minimum Gasteiger partial charge on any atom is -0.463 e. The van der Waals surface area contributed by atoms with Gasteiger partial charge in [0, 0.05) is 6.42 Å². The van der Waals surface area contributed by atoms with Gasteiger partial charge in [-0.25, -0.2) is 0 Å². The SMILES string of the molecule is CCCCC/C=C/CC=CCCC(=O)OCC(O)CO. The lowest BCUT2D eigenvalue weighted by Crippen LogP contribution is -2.21. The molecule has 0 saturated heterocycles. The van der Waals surface area contributed by atoms with Crippen molar-refractivity contribution in [2.24, 2.45) is 0 Å². The Labute approximate surface area is 122 Å². The quantitative estimate of drug-likeness (QED) is 0.328. The van der Waals surface area contributed by atoms with Crippen molar-refractivity contribution in [2.45, 2.75) is 58.0 Å².